The van der Waals surface area contributed by atoms with Crippen LogP contribution in [-0.4, -0.2) is 0 Å². The first-order chi connectivity index (χ1) is 4.61. The van der Waals surface area contributed by atoms with Crippen molar-refractivity contribution in [1.29, 1.82) is 0 Å². The van der Waals surface area contributed by atoms with Gasteiger partial charge in [-0.3, -0.25) is 0 Å². The third-order valence-electron chi connectivity index (χ3n) is 1.04. The molecule has 0 aliphatic carbocycles. The van der Waals surface area contributed by atoms with E-state index < -0.39 is 0 Å². The number of rotatable bonds is 0. The highest BCUT2D eigenvalue weighted by molar-refractivity contribution is 9.11. The second kappa shape index (κ2) is 3.11. The molecule has 0 aliphatic heterocycles. The first-order valence-corrected chi connectivity index (χ1v) is 4.47. The van der Waals surface area contributed by atoms with E-state index in [2.05, 4.69) is 31.9 Å². The van der Waals surface area contributed by atoms with Crippen LogP contribution >= 0.6 is 43.5 Å². The van der Waals surface area contributed by atoms with Gasteiger partial charge < -0.3 is 5.73 Å². The lowest BCUT2D eigenvalue weighted by Crippen LogP contribution is -1.85. The summed E-state index contributed by atoms with van der Waals surface area (Å²) in [7, 11) is 0. The Balaban J connectivity index is 3.28. The summed E-state index contributed by atoms with van der Waals surface area (Å²) in [5.41, 5.74) is 6.18. The lowest BCUT2D eigenvalue weighted by atomic mass is 10.3. The monoisotopic (exact) mass is 283 g/mol. The largest absolute Gasteiger partial charge is 0.398 e. The van der Waals surface area contributed by atoms with Gasteiger partial charge in [-0.05, 0) is 44.0 Å². The van der Waals surface area contributed by atoms with Gasteiger partial charge in [-0.25, -0.2) is 0 Å². The van der Waals surface area contributed by atoms with E-state index in [0.29, 0.717) is 10.7 Å². The first-order valence-electron chi connectivity index (χ1n) is 2.51. The number of halogens is 3. The molecule has 1 rings (SSSR count). The molecular weight excluding hydrogens is 281 g/mol. The van der Waals surface area contributed by atoms with Crippen LogP contribution in [0, 0.1) is 0 Å². The van der Waals surface area contributed by atoms with Crippen LogP contribution in [0.15, 0.2) is 21.1 Å². The summed E-state index contributed by atoms with van der Waals surface area (Å²) in [5, 5.41) is 0.626. The van der Waals surface area contributed by atoms with Crippen LogP contribution in [0.2, 0.25) is 5.02 Å². The van der Waals surface area contributed by atoms with Gasteiger partial charge in [0.15, 0.2) is 0 Å². The van der Waals surface area contributed by atoms with Crippen molar-refractivity contribution in [3.05, 3.63) is 26.1 Å². The summed E-state index contributed by atoms with van der Waals surface area (Å²) in [5.74, 6) is 0. The van der Waals surface area contributed by atoms with Crippen LogP contribution in [0.4, 0.5) is 5.69 Å². The predicted octanol–water partition coefficient (Wildman–Crippen LogP) is 3.45. The summed E-state index contributed by atoms with van der Waals surface area (Å²) in [6, 6.07) is 3.51. The SMILES string of the molecule is Nc1cc(Cl)c(Br)cc1Br. The molecule has 0 bridgehead atoms. The maximum absolute atomic E-state index is 5.74. The van der Waals surface area contributed by atoms with Crippen molar-refractivity contribution in [3.63, 3.8) is 0 Å². The molecule has 1 aromatic rings. The van der Waals surface area contributed by atoms with Crippen LogP contribution in [-0.2, 0) is 0 Å². The zero-order valence-electron chi connectivity index (χ0n) is 4.87. The normalized spacial score (nSPS) is 9.90. The third-order valence-corrected chi connectivity index (χ3v) is 2.92. The summed E-state index contributed by atoms with van der Waals surface area (Å²) in [6.45, 7) is 0. The molecule has 2 N–H and O–H groups in total. The Morgan fingerprint density at radius 1 is 1.20 bits per heavy atom. The third kappa shape index (κ3) is 1.65. The Morgan fingerprint density at radius 3 is 2.30 bits per heavy atom. The number of benzene rings is 1. The Morgan fingerprint density at radius 2 is 1.80 bits per heavy atom. The fourth-order valence-electron chi connectivity index (χ4n) is 0.538. The Hall–Kier alpha value is 0.270. The smallest absolute Gasteiger partial charge is 0.0569 e. The van der Waals surface area contributed by atoms with Crippen LogP contribution in [0.5, 0.6) is 0 Å². The highest BCUT2D eigenvalue weighted by Gasteiger charge is 2.00. The van der Waals surface area contributed by atoms with Crippen molar-refractivity contribution in [2.75, 3.05) is 5.73 Å². The molecule has 0 amide bonds. The van der Waals surface area contributed by atoms with Gasteiger partial charge in [0, 0.05) is 14.6 Å². The minimum atomic E-state index is 0.626. The molecule has 0 unspecified atom stereocenters. The minimum Gasteiger partial charge on any atom is -0.398 e. The molecule has 1 nitrogen and oxygen atoms in total. The zero-order valence-corrected chi connectivity index (χ0v) is 8.79. The average Bonchev–Trinajstić information content (AvgIpc) is 1.84. The Bertz CT molecular complexity index is 212. The van der Waals surface area contributed by atoms with Crippen molar-refractivity contribution in [2.24, 2.45) is 0 Å². The molecule has 54 valence electrons. The fourth-order valence-corrected chi connectivity index (χ4v) is 1.70. The van der Waals surface area contributed by atoms with Crippen LogP contribution in [0.25, 0.3) is 0 Å². The van der Waals surface area contributed by atoms with Crippen molar-refractivity contribution in [3.8, 4) is 0 Å². The van der Waals surface area contributed by atoms with E-state index in [-0.39, 0.29) is 0 Å². The van der Waals surface area contributed by atoms with Crippen LogP contribution in [0.3, 0.4) is 0 Å². The Kier molecular flexibility index (Phi) is 2.61. The quantitative estimate of drug-likeness (QED) is 0.573. The molecule has 0 aromatic heterocycles. The van der Waals surface area contributed by atoms with Crippen LogP contribution in [0.1, 0.15) is 0 Å². The number of hydrogen-bond acceptors (Lipinski definition) is 1. The summed E-state index contributed by atoms with van der Waals surface area (Å²) >= 11 is 12.3. The van der Waals surface area contributed by atoms with E-state index in [4.69, 9.17) is 17.3 Å². The van der Waals surface area contributed by atoms with Crippen molar-refractivity contribution in [2.45, 2.75) is 0 Å². The summed E-state index contributed by atoms with van der Waals surface area (Å²) in [4.78, 5) is 0. The lowest BCUT2D eigenvalue weighted by molar-refractivity contribution is 1.59. The van der Waals surface area contributed by atoms with E-state index in [1.54, 1.807) is 6.07 Å². The van der Waals surface area contributed by atoms with Gasteiger partial charge in [0.25, 0.3) is 0 Å². The molecule has 0 radical (unpaired) electrons. The fraction of sp³-hybridized carbons (Fsp3) is 0. The molecule has 0 aliphatic rings. The second-order valence-corrected chi connectivity index (χ2v) is 3.90. The van der Waals surface area contributed by atoms with Crippen molar-refractivity contribution < 1.29 is 0 Å². The van der Waals surface area contributed by atoms with Gasteiger partial charge in [0.05, 0.1) is 5.02 Å². The molecule has 1 aromatic carbocycles. The molecule has 0 spiro atoms. The van der Waals surface area contributed by atoms with Crippen molar-refractivity contribution in [1.82, 2.24) is 0 Å². The molecule has 0 saturated carbocycles. The van der Waals surface area contributed by atoms with E-state index in [0.717, 1.165) is 8.95 Å². The van der Waals surface area contributed by atoms with E-state index in [9.17, 15) is 0 Å². The summed E-state index contributed by atoms with van der Waals surface area (Å²) < 4.78 is 1.69. The molecule has 0 saturated heterocycles. The average molecular weight is 285 g/mol. The maximum Gasteiger partial charge on any atom is 0.0569 e. The van der Waals surface area contributed by atoms with Gasteiger partial charge >= 0.3 is 0 Å². The van der Waals surface area contributed by atoms with E-state index in [1.807, 2.05) is 6.07 Å². The maximum atomic E-state index is 5.74. The topological polar surface area (TPSA) is 26.0 Å². The highest BCUT2D eigenvalue weighted by Crippen LogP contribution is 2.30. The van der Waals surface area contributed by atoms with Gasteiger partial charge in [-0.2, -0.15) is 0 Å². The number of anilines is 1. The minimum absolute atomic E-state index is 0.626. The molecule has 0 fully saturated rings. The van der Waals surface area contributed by atoms with Gasteiger partial charge in [-0.15, -0.1) is 0 Å². The van der Waals surface area contributed by atoms with Gasteiger partial charge in [0.1, 0.15) is 0 Å². The van der Waals surface area contributed by atoms with Gasteiger partial charge in [0.2, 0.25) is 0 Å². The number of hydrogen-bond donors (Lipinski definition) is 1. The highest BCUT2D eigenvalue weighted by atomic mass is 79.9. The summed E-state index contributed by atoms with van der Waals surface area (Å²) in [6.07, 6.45) is 0. The van der Waals surface area contributed by atoms with Crippen LogP contribution < -0.4 is 5.73 Å². The Labute approximate surface area is 80.8 Å². The molecular formula is C6H4Br2ClN. The predicted molar refractivity (Wildman–Crippen MR) is 51.3 cm³/mol. The number of nitrogens with two attached hydrogens (primary N) is 1. The molecule has 10 heavy (non-hydrogen) atoms. The lowest BCUT2D eigenvalue weighted by Gasteiger charge is -1.99. The second-order valence-electron chi connectivity index (χ2n) is 1.79. The van der Waals surface area contributed by atoms with E-state index >= 15 is 0 Å². The van der Waals surface area contributed by atoms with Crippen molar-refractivity contribution >= 4 is 49.1 Å². The number of nitrogen functional groups attached to an aromatic ring is 1. The van der Waals surface area contributed by atoms with E-state index in [1.165, 1.54) is 0 Å². The van der Waals surface area contributed by atoms with Gasteiger partial charge in [-0.1, -0.05) is 11.6 Å². The molecule has 0 heterocycles. The zero-order chi connectivity index (χ0) is 7.72. The molecule has 0 atom stereocenters. The first kappa shape index (κ1) is 8.37. The molecule has 4 heteroatoms. The standard InChI is InChI=1S/C6H4Br2ClN/c7-3-1-4(8)6(10)2-5(3)9/h1-2H,10H2.